The van der Waals surface area contributed by atoms with Gasteiger partial charge in [0.25, 0.3) is 0 Å². The Hall–Kier alpha value is -2.45. The molecule has 0 unspecified atom stereocenters. The number of rotatable bonds is 6. The van der Waals surface area contributed by atoms with Crippen LogP contribution in [0.5, 0.6) is 0 Å². The van der Waals surface area contributed by atoms with Gasteiger partial charge < -0.3 is 9.30 Å². The van der Waals surface area contributed by atoms with Crippen molar-refractivity contribution in [2.24, 2.45) is 0 Å². The molecule has 0 fully saturated rings. The van der Waals surface area contributed by atoms with Gasteiger partial charge in [-0.1, -0.05) is 30.7 Å². The van der Waals surface area contributed by atoms with E-state index in [4.69, 9.17) is 16.3 Å². The molecule has 0 saturated carbocycles. The predicted molar refractivity (Wildman–Crippen MR) is 123 cm³/mol. The summed E-state index contributed by atoms with van der Waals surface area (Å²) >= 11 is 6.01. The molecular weight excluding hydrogens is 472 g/mol. The summed E-state index contributed by atoms with van der Waals surface area (Å²) in [5.41, 5.74) is 1.99. The number of carbonyl (C=O) groups excluding carboxylic acids is 1. The Morgan fingerprint density at radius 1 is 1.27 bits per heavy atom. The predicted octanol–water partition coefficient (Wildman–Crippen LogP) is 5.73. The average Bonchev–Trinajstić information content (AvgIpc) is 3.09. The molecular formula is C24H24ClF2NO4S. The quantitative estimate of drug-likeness (QED) is 0.410. The monoisotopic (exact) mass is 495 g/mol. The second-order valence-electron chi connectivity index (χ2n) is 8.25. The Morgan fingerprint density at radius 3 is 2.58 bits per heavy atom. The number of alkyl halides is 1. The maximum absolute atomic E-state index is 14.7. The first-order valence-electron chi connectivity index (χ1n) is 10.7. The van der Waals surface area contributed by atoms with E-state index in [0.717, 1.165) is 12.3 Å². The Labute approximate surface area is 196 Å². The molecule has 5 nitrogen and oxygen atoms in total. The topological polar surface area (TPSA) is 65.4 Å². The number of hydrogen-bond donors (Lipinski definition) is 0. The molecule has 1 aliphatic rings. The van der Waals surface area contributed by atoms with Gasteiger partial charge in [0.05, 0.1) is 22.1 Å². The molecule has 0 radical (unpaired) electrons. The van der Waals surface area contributed by atoms with Gasteiger partial charge in [-0.2, -0.15) is 0 Å². The Bertz CT molecular complexity index is 1320. The van der Waals surface area contributed by atoms with Crippen LogP contribution in [0.15, 0.2) is 41.3 Å². The van der Waals surface area contributed by atoms with Gasteiger partial charge in [-0.25, -0.2) is 17.2 Å². The van der Waals surface area contributed by atoms with Crippen LogP contribution in [-0.4, -0.2) is 31.9 Å². The minimum absolute atomic E-state index is 0.166. The lowest BCUT2D eigenvalue weighted by atomic mass is 9.93. The van der Waals surface area contributed by atoms with E-state index in [1.54, 1.807) is 35.8 Å². The number of esters is 1. The average molecular weight is 496 g/mol. The molecule has 3 aromatic rings. The van der Waals surface area contributed by atoms with E-state index in [1.807, 2.05) is 0 Å². The fourth-order valence-corrected chi connectivity index (χ4v) is 5.64. The van der Waals surface area contributed by atoms with Crippen molar-refractivity contribution in [1.82, 2.24) is 4.57 Å². The summed E-state index contributed by atoms with van der Waals surface area (Å²) in [4.78, 5) is 11.9. The van der Waals surface area contributed by atoms with Crippen LogP contribution >= 0.6 is 11.6 Å². The summed E-state index contributed by atoms with van der Waals surface area (Å²) in [5.74, 6) is -1.11. The lowest BCUT2D eigenvalue weighted by molar-refractivity contribution is -0.150. The molecule has 2 aromatic carbocycles. The van der Waals surface area contributed by atoms with E-state index in [9.17, 15) is 22.0 Å². The van der Waals surface area contributed by atoms with E-state index in [0.29, 0.717) is 46.5 Å². The highest BCUT2D eigenvalue weighted by Gasteiger charge is 2.35. The highest BCUT2D eigenvalue weighted by Crippen LogP contribution is 2.44. The molecule has 1 aromatic heterocycles. The number of aromatic nitrogens is 1. The largest absolute Gasteiger partial charge is 0.456 e. The Kier molecular flexibility index (Phi) is 6.51. The normalized spacial score (nSPS) is 17.1. The second kappa shape index (κ2) is 9.06. The molecule has 4 rings (SSSR count). The summed E-state index contributed by atoms with van der Waals surface area (Å²) in [6, 6.07) is 7.92. The highest BCUT2D eigenvalue weighted by atomic mass is 35.5. The SMILES string of the molecule is CCC(=O)O[C@@H]1CCCc2c1n([C@@H](CF)c1ccc(Cl)cc1)c1c(S(C)(=O)=O)cc(F)cc21. The van der Waals surface area contributed by atoms with E-state index >= 15 is 0 Å². The zero-order valence-corrected chi connectivity index (χ0v) is 19.8. The first-order valence-corrected chi connectivity index (χ1v) is 13.0. The van der Waals surface area contributed by atoms with Crippen LogP contribution in [0.1, 0.15) is 55.2 Å². The number of nitrogens with zero attached hydrogens (tertiary/aromatic N) is 1. The van der Waals surface area contributed by atoms with E-state index in [-0.39, 0.29) is 16.8 Å². The molecule has 2 atom stereocenters. The van der Waals surface area contributed by atoms with Crippen molar-refractivity contribution < 1.29 is 26.7 Å². The molecule has 0 amide bonds. The van der Waals surface area contributed by atoms with Gasteiger partial charge in [-0.15, -0.1) is 0 Å². The number of carbonyl (C=O) groups is 1. The van der Waals surface area contributed by atoms with Crippen LogP contribution in [0.2, 0.25) is 5.02 Å². The van der Waals surface area contributed by atoms with Crippen LogP contribution < -0.4 is 0 Å². The van der Waals surface area contributed by atoms with Crippen molar-refractivity contribution in [3.63, 3.8) is 0 Å². The third-order valence-corrected chi connectivity index (χ3v) is 7.41. The summed E-state index contributed by atoms with van der Waals surface area (Å²) in [5, 5.41) is 0.875. The minimum Gasteiger partial charge on any atom is -0.456 e. The maximum Gasteiger partial charge on any atom is 0.306 e. The molecule has 0 N–H and O–H groups in total. The van der Waals surface area contributed by atoms with E-state index < -0.39 is 40.4 Å². The summed E-state index contributed by atoms with van der Waals surface area (Å²) in [7, 11) is -3.86. The zero-order valence-electron chi connectivity index (χ0n) is 18.3. The van der Waals surface area contributed by atoms with Crippen molar-refractivity contribution in [1.29, 1.82) is 0 Å². The fourth-order valence-electron chi connectivity index (χ4n) is 4.62. The molecule has 0 saturated heterocycles. The van der Waals surface area contributed by atoms with Crippen molar-refractivity contribution in [2.75, 3.05) is 12.9 Å². The van der Waals surface area contributed by atoms with Crippen molar-refractivity contribution >= 4 is 38.3 Å². The molecule has 0 bridgehead atoms. The van der Waals surface area contributed by atoms with Gasteiger partial charge in [0.15, 0.2) is 9.84 Å². The van der Waals surface area contributed by atoms with Crippen LogP contribution in [0.25, 0.3) is 10.9 Å². The standard InChI is InChI=1S/C24H24ClF2NO4S/c1-3-22(29)32-20-6-4-5-17-18-11-16(27)12-21(33(2,30)31)24(18)28(23(17)20)19(13-26)14-7-9-15(25)10-8-14/h7-12,19-20H,3-6,13H2,1-2H3/t19-,20+/m0/s1. The minimum atomic E-state index is -3.86. The smallest absolute Gasteiger partial charge is 0.306 e. The second-order valence-corrected chi connectivity index (χ2v) is 10.7. The number of halogens is 3. The first kappa shape index (κ1) is 23.7. The Morgan fingerprint density at radius 2 is 1.97 bits per heavy atom. The number of fused-ring (bicyclic) bond motifs is 3. The van der Waals surface area contributed by atoms with Crippen molar-refractivity contribution in [3.8, 4) is 0 Å². The summed E-state index contributed by atoms with van der Waals surface area (Å²) < 4.78 is 61.9. The molecule has 0 spiro atoms. The number of aryl methyl sites for hydroxylation is 1. The molecule has 176 valence electrons. The van der Waals surface area contributed by atoms with Gasteiger partial charge >= 0.3 is 5.97 Å². The number of hydrogen-bond acceptors (Lipinski definition) is 4. The number of benzene rings is 2. The number of ether oxygens (including phenoxy) is 1. The Balaban J connectivity index is 2.11. The van der Waals surface area contributed by atoms with Gasteiger partial charge in [-0.05, 0) is 54.7 Å². The van der Waals surface area contributed by atoms with Crippen LogP contribution in [0.3, 0.4) is 0 Å². The third kappa shape index (κ3) is 4.38. The highest BCUT2D eigenvalue weighted by molar-refractivity contribution is 7.91. The lowest BCUT2D eigenvalue weighted by Crippen LogP contribution is -2.23. The van der Waals surface area contributed by atoms with E-state index in [2.05, 4.69) is 0 Å². The van der Waals surface area contributed by atoms with E-state index in [1.165, 1.54) is 6.07 Å². The molecule has 33 heavy (non-hydrogen) atoms. The number of sulfone groups is 1. The summed E-state index contributed by atoms with van der Waals surface area (Å²) in [6.45, 7) is 0.823. The molecule has 9 heteroatoms. The molecule has 1 aliphatic carbocycles. The van der Waals surface area contributed by atoms with Crippen LogP contribution in [-0.2, 0) is 25.8 Å². The molecule has 0 aliphatic heterocycles. The van der Waals surface area contributed by atoms with Crippen LogP contribution in [0, 0.1) is 5.82 Å². The third-order valence-electron chi connectivity index (χ3n) is 6.05. The molecule has 1 heterocycles. The zero-order chi connectivity index (χ0) is 23.9. The van der Waals surface area contributed by atoms with Crippen LogP contribution in [0.4, 0.5) is 8.78 Å². The summed E-state index contributed by atoms with van der Waals surface area (Å²) in [6.07, 6.45) is 2.18. The lowest BCUT2D eigenvalue weighted by Gasteiger charge is -2.29. The van der Waals surface area contributed by atoms with Gasteiger partial charge in [0, 0.05) is 23.1 Å². The fraction of sp³-hybridized carbons (Fsp3) is 0.375. The van der Waals surface area contributed by atoms with Gasteiger partial charge in [0.1, 0.15) is 18.6 Å². The van der Waals surface area contributed by atoms with Crippen molar-refractivity contribution in [2.45, 2.75) is 49.6 Å². The maximum atomic E-state index is 14.7. The first-order chi connectivity index (χ1) is 15.7. The van der Waals surface area contributed by atoms with Crippen molar-refractivity contribution in [3.05, 3.63) is 64.1 Å². The van der Waals surface area contributed by atoms with Gasteiger partial charge in [0.2, 0.25) is 0 Å². The van der Waals surface area contributed by atoms with Gasteiger partial charge in [-0.3, -0.25) is 4.79 Å².